The molecule has 0 fully saturated rings. The van der Waals surface area contributed by atoms with Gasteiger partial charge in [0.1, 0.15) is 0 Å². The largest absolute Gasteiger partial charge is 0.465 e. The Labute approximate surface area is 82.7 Å². The average molecular weight is 192 g/mol. The highest BCUT2D eigenvalue weighted by Crippen LogP contribution is 2.17. The van der Waals surface area contributed by atoms with Crippen LogP contribution in [-0.2, 0) is 4.74 Å². The highest BCUT2D eigenvalue weighted by molar-refractivity contribution is 6.00. The van der Waals surface area contributed by atoms with Crippen LogP contribution in [0.25, 0.3) is 0 Å². The molecule has 1 aromatic rings. The van der Waals surface area contributed by atoms with Crippen LogP contribution in [0.5, 0.6) is 0 Å². The number of aldehydes is 1. The maximum atomic E-state index is 11.4. The highest BCUT2D eigenvalue weighted by atomic mass is 16.5. The first-order chi connectivity index (χ1) is 6.61. The van der Waals surface area contributed by atoms with Crippen molar-refractivity contribution in [3.8, 4) is 0 Å². The van der Waals surface area contributed by atoms with Crippen molar-refractivity contribution in [2.45, 2.75) is 13.8 Å². The summed E-state index contributed by atoms with van der Waals surface area (Å²) in [5.74, 6) is -0.465. The van der Waals surface area contributed by atoms with Crippen LogP contribution in [0.2, 0.25) is 0 Å². The number of aryl methyl sites for hydroxylation is 2. The quantitative estimate of drug-likeness (QED) is 0.531. The molecular weight excluding hydrogens is 180 g/mol. The van der Waals surface area contributed by atoms with Gasteiger partial charge in [0.2, 0.25) is 0 Å². The number of benzene rings is 1. The molecule has 0 saturated heterocycles. The lowest BCUT2D eigenvalue weighted by Gasteiger charge is -2.08. The number of hydrogen-bond donors (Lipinski definition) is 0. The van der Waals surface area contributed by atoms with Gasteiger partial charge in [0, 0.05) is 5.56 Å². The molecule has 0 saturated carbocycles. The van der Waals surface area contributed by atoms with Gasteiger partial charge in [-0.2, -0.15) is 0 Å². The lowest BCUT2D eigenvalue weighted by atomic mass is 9.98. The van der Waals surface area contributed by atoms with Crippen molar-refractivity contribution in [1.82, 2.24) is 0 Å². The van der Waals surface area contributed by atoms with Crippen molar-refractivity contribution in [1.29, 1.82) is 0 Å². The minimum Gasteiger partial charge on any atom is -0.465 e. The number of carbonyl (C=O) groups is 2. The van der Waals surface area contributed by atoms with Crippen LogP contribution in [0.3, 0.4) is 0 Å². The van der Waals surface area contributed by atoms with Crippen LogP contribution < -0.4 is 0 Å². The molecule has 0 spiro atoms. The van der Waals surface area contributed by atoms with Gasteiger partial charge in [0.15, 0.2) is 6.29 Å². The zero-order chi connectivity index (χ0) is 10.7. The Kier molecular flexibility index (Phi) is 3.02. The van der Waals surface area contributed by atoms with Gasteiger partial charge < -0.3 is 4.74 Å². The molecule has 14 heavy (non-hydrogen) atoms. The lowest BCUT2D eigenvalue weighted by molar-refractivity contribution is 0.0597. The smallest absolute Gasteiger partial charge is 0.338 e. The Morgan fingerprint density at radius 1 is 1.29 bits per heavy atom. The maximum Gasteiger partial charge on any atom is 0.338 e. The molecule has 0 aliphatic heterocycles. The standard InChI is InChI=1S/C11H12O3/c1-7-4-5-8(2)10(9(7)6-12)11(13)14-3/h4-6H,1-3H3. The number of ether oxygens (including phenoxy) is 1. The average Bonchev–Trinajstić information content (AvgIpc) is 2.19. The Hall–Kier alpha value is -1.64. The third-order valence-electron chi connectivity index (χ3n) is 2.18. The summed E-state index contributed by atoms with van der Waals surface area (Å²) >= 11 is 0. The molecule has 0 N–H and O–H groups in total. The van der Waals surface area contributed by atoms with Crippen LogP contribution >= 0.6 is 0 Å². The Morgan fingerprint density at radius 2 is 1.86 bits per heavy atom. The summed E-state index contributed by atoms with van der Waals surface area (Å²) in [6, 6.07) is 3.61. The second-order valence-corrected chi connectivity index (χ2v) is 3.10. The van der Waals surface area contributed by atoms with E-state index in [0.717, 1.165) is 11.1 Å². The molecular formula is C11H12O3. The van der Waals surface area contributed by atoms with Crippen LogP contribution in [-0.4, -0.2) is 19.4 Å². The molecule has 0 radical (unpaired) electrons. The highest BCUT2D eigenvalue weighted by Gasteiger charge is 2.15. The van der Waals surface area contributed by atoms with Gasteiger partial charge in [-0.25, -0.2) is 4.79 Å². The van der Waals surface area contributed by atoms with E-state index in [-0.39, 0.29) is 0 Å². The predicted molar refractivity (Wildman–Crippen MR) is 52.6 cm³/mol. The van der Waals surface area contributed by atoms with Crippen LogP contribution in [0.1, 0.15) is 31.8 Å². The molecule has 0 unspecified atom stereocenters. The molecule has 3 nitrogen and oxygen atoms in total. The summed E-state index contributed by atoms with van der Waals surface area (Å²) in [7, 11) is 1.30. The van der Waals surface area contributed by atoms with Gasteiger partial charge in [-0.1, -0.05) is 12.1 Å². The van der Waals surface area contributed by atoms with Crippen molar-refractivity contribution in [3.63, 3.8) is 0 Å². The van der Waals surface area contributed by atoms with Gasteiger partial charge in [0.05, 0.1) is 12.7 Å². The fourth-order valence-corrected chi connectivity index (χ4v) is 1.36. The maximum absolute atomic E-state index is 11.4. The SMILES string of the molecule is COC(=O)c1c(C)ccc(C)c1C=O. The summed E-state index contributed by atoms with van der Waals surface area (Å²) in [6.45, 7) is 3.56. The number of methoxy groups -OCH3 is 1. The van der Waals surface area contributed by atoms with E-state index in [2.05, 4.69) is 4.74 Å². The van der Waals surface area contributed by atoms with Gasteiger partial charge in [-0.05, 0) is 25.0 Å². The van der Waals surface area contributed by atoms with Gasteiger partial charge in [-0.15, -0.1) is 0 Å². The van der Waals surface area contributed by atoms with Crippen LogP contribution in [0.15, 0.2) is 12.1 Å². The van der Waals surface area contributed by atoms with E-state index in [1.807, 2.05) is 6.07 Å². The second kappa shape index (κ2) is 4.05. The van der Waals surface area contributed by atoms with E-state index in [1.165, 1.54) is 7.11 Å². The first-order valence-corrected chi connectivity index (χ1v) is 4.25. The number of rotatable bonds is 2. The molecule has 1 aromatic carbocycles. The second-order valence-electron chi connectivity index (χ2n) is 3.10. The molecule has 0 heterocycles. The number of esters is 1. The van der Waals surface area contributed by atoms with Crippen molar-refractivity contribution in [3.05, 3.63) is 34.4 Å². The number of hydrogen-bond acceptors (Lipinski definition) is 3. The fourth-order valence-electron chi connectivity index (χ4n) is 1.36. The third kappa shape index (κ3) is 1.66. The van der Waals surface area contributed by atoms with E-state index >= 15 is 0 Å². The van der Waals surface area contributed by atoms with E-state index < -0.39 is 5.97 Å². The molecule has 74 valence electrons. The molecule has 1 rings (SSSR count). The Balaban J connectivity index is 3.44. The predicted octanol–water partition coefficient (Wildman–Crippen LogP) is 1.90. The first kappa shape index (κ1) is 10.4. The van der Waals surface area contributed by atoms with Crippen molar-refractivity contribution < 1.29 is 14.3 Å². The summed E-state index contributed by atoms with van der Waals surface area (Å²) in [5.41, 5.74) is 2.31. The third-order valence-corrected chi connectivity index (χ3v) is 2.18. The van der Waals surface area contributed by atoms with Crippen molar-refractivity contribution in [2.75, 3.05) is 7.11 Å². The Morgan fingerprint density at radius 3 is 2.36 bits per heavy atom. The van der Waals surface area contributed by atoms with Crippen molar-refractivity contribution >= 4 is 12.3 Å². The van der Waals surface area contributed by atoms with E-state index in [4.69, 9.17) is 0 Å². The van der Waals surface area contributed by atoms with Gasteiger partial charge in [-0.3, -0.25) is 4.79 Å². The van der Waals surface area contributed by atoms with E-state index in [1.54, 1.807) is 19.9 Å². The monoisotopic (exact) mass is 192 g/mol. The normalized spacial score (nSPS) is 9.64. The molecule has 0 aliphatic rings. The molecule has 3 heteroatoms. The minimum atomic E-state index is -0.465. The molecule has 0 aromatic heterocycles. The zero-order valence-corrected chi connectivity index (χ0v) is 8.46. The topological polar surface area (TPSA) is 43.4 Å². The zero-order valence-electron chi connectivity index (χ0n) is 8.46. The van der Waals surface area contributed by atoms with Crippen LogP contribution in [0.4, 0.5) is 0 Å². The molecule has 0 atom stereocenters. The van der Waals surface area contributed by atoms with Crippen molar-refractivity contribution in [2.24, 2.45) is 0 Å². The minimum absolute atomic E-state index is 0.363. The summed E-state index contributed by atoms with van der Waals surface area (Å²) < 4.78 is 4.62. The van der Waals surface area contributed by atoms with Gasteiger partial charge in [0.25, 0.3) is 0 Å². The van der Waals surface area contributed by atoms with Gasteiger partial charge >= 0.3 is 5.97 Å². The fraction of sp³-hybridized carbons (Fsp3) is 0.273. The Bertz CT molecular complexity index is 380. The first-order valence-electron chi connectivity index (χ1n) is 4.25. The van der Waals surface area contributed by atoms with Crippen LogP contribution in [0, 0.1) is 13.8 Å². The van der Waals surface area contributed by atoms with E-state index in [9.17, 15) is 9.59 Å². The molecule has 0 amide bonds. The summed E-state index contributed by atoms with van der Waals surface area (Å²) in [5, 5.41) is 0. The summed E-state index contributed by atoms with van der Waals surface area (Å²) in [4.78, 5) is 22.2. The van der Waals surface area contributed by atoms with E-state index in [0.29, 0.717) is 17.4 Å². The number of carbonyl (C=O) groups excluding carboxylic acids is 2. The summed E-state index contributed by atoms with van der Waals surface area (Å²) in [6.07, 6.45) is 0.689. The molecule has 0 bridgehead atoms. The lowest BCUT2D eigenvalue weighted by Crippen LogP contribution is -2.09. The molecule has 0 aliphatic carbocycles.